The molecule has 7 heteroatoms. The van der Waals surface area contributed by atoms with Crippen LogP contribution in [0, 0.1) is 0 Å². The number of hydrogen-bond acceptors (Lipinski definition) is 5. The molecule has 0 fully saturated rings. The van der Waals surface area contributed by atoms with Gasteiger partial charge in [-0.15, -0.1) is 0 Å². The van der Waals surface area contributed by atoms with Crippen LogP contribution >= 0.6 is 0 Å². The van der Waals surface area contributed by atoms with E-state index in [0.717, 1.165) is 29.8 Å². The molecule has 3 aromatic heterocycles. The molecule has 1 N–H and O–H groups in total. The molecule has 4 heterocycles. The highest BCUT2D eigenvalue weighted by atomic mass is 15.3. The number of hydrogen-bond donors (Lipinski definition) is 1. The zero-order valence-electron chi connectivity index (χ0n) is 13.0. The molecule has 0 radical (unpaired) electrons. The van der Waals surface area contributed by atoms with Crippen molar-refractivity contribution < 1.29 is 0 Å². The second-order valence-corrected chi connectivity index (χ2v) is 6.77. The van der Waals surface area contributed by atoms with Crippen molar-refractivity contribution in [3.63, 3.8) is 0 Å². The maximum Gasteiger partial charge on any atom is 0.163 e. The van der Waals surface area contributed by atoms with Crippen molar-refractivity contribution in [2.75, 3.05) is 5.32 Å². The van der Waals surface area contributed by atoms with Crippen LogP contribution in [-0.4, -0.2) is 35.3 Å². The van der Waals surface area contributed by atoms with Crippen molar-refractivity contribution in [2.45, 2.75) is 45.3 Å². The summed E-state index contributed by atoms with van der Waals surface area (Å²) in [6.45, 7) is 7.26. The van der Waals surface area contributed by atoms with E-state index in [9.17, 15) is 0 Å². The molecule has 1 atom stereocenters. The fourth-order valence-corrected chi connectivity index (χ4v) is 2.98. The molecule has 0 aliphatic carbocycles. The average Bonchev–Trinajstić information content (AvgIpc) is 3.10. The summed E-state index contributed by atoms with van der Waals surface area (Å²) in [4.78, 5) is 13.0. The van der Waals surface area contributed by atoms with E-state index in [4.69, 9.17) is 0 Å². The minimum Gasteiger partial charge on any atom is -0.364 e. The van der Waals surface area contributed by atoms with Crippen molar-refractivity contribution in [3.8, 4) is 0 Å². The molecule has 7 nitrogen and oxygen atoms in total. The van der Waals surface area contributed by atoms with E-state index >= 15 is 0 Å². The molecular formula is C15H19N7. The lowest BCUT2D eigenvalue weighted by Crippen LogP contribution is -2.24. The standard InChI is InChI=1S/C15H19N7/c1-15(2,3)22-14-12(6-19-22)13(17-8-18-14)20-10-4-11-5-16-9-21(11)7-10/h5-6,8-10H,4,7H2,1-3H3,(H,17,18,20). The lowest BCUT2D eigenvalue weighted by atomic mass is 10.1. The Kier molecular flexibility index (Phi) is 2.72. The number of fused-ring (bicyclic) bond motifs is 2. The van der Waals surface area contributed by atoms with Crippen molar-refractivity contribution in [2.24, 2.45) is 0 Å². The second-order valence-electron chi connectivity index (χ2n) is 6.77. The van der Waals surface area contributed by atoms with Crippen molar-refractivity contribution >= 4 is 16.9 Å². The highest BCUT2D eigenvalue weighted by Gasteiger charge is 2.24. The highest BCUT2D eigenvalue weighted by molar-refractivity contribution is 5.86. The van der Waals surface area contributed by atoms with E-state index in [1.54, 1.807) is 6.33 Å². The molecule has 0 saturated heterocycles. The van der Waals surface area contributed by atoms with Gasteiger partial charge in [0.25, 0.3) is 0 Å². The van der Waals surface area contributed by atoms with Gasteiger partial charge in [0.15, 0.2) is 5.65 Å². The summed E-state index contributed by atoms with van der Waals surface area (Å²) in [5, 5.41) is 8.98. The first kappa shape index (κ1) is 13.2. The zero-order chi connectivity index (χ0) is 15.3. The van der Waals surface area contributed by atoms with Crippen LogP contribution in [0.5, 0.6) is 0 Å². The molecule has 3 aromatic rings. The van der Waals surface area contributed by atoms with Gasteiger partial charge in [0.2, 0.25) is 0 Å². The summed E-state index contributed by atoms with van der Waals surface area (Å²) in [6.07, 6.45) is 8.21. The fraction of sp³-hybridized carbons (Fsp3) is 0.467. The number of aromatic nitrogens is 6. The quantitative estimate of drug-likeness (QED) is 0.781. The van der Waals surface area contributed by atoms with Crippen LogP contribution in [-0.2, 0) is 18.5 Å². The zero-order valence-corrected chi connectivity index (χ0v) is 13.0. The largest absolute Gasteiger partial charge is 0.364 e. The summed E-state index contributed by atoms with van der Waals surface area (Å²) in [5.41, 5.74) is 2.02. The fourth-order valence-electron chi connectivity index (χ4n) is 2.98. The number of rotatable bonds is 2. The van der Waals surface area contributed by atoms with Gasteiger partial charge >= 0.3 is 0 Å². The molecular weight excluding hydrogens is 278 g/mol. The van der Waals surface area contributed by atoms with Gasteiger partial charge in [-0.05, 0) is 20.8 Å². The normalized spacial score (nSPS) is 17.9. The Bertz CT molecular complexity index is 803. The summed E-state index contributed by atoms with van der Waals surface area (Å²) in [7, 11) is 0. The molecule has 0 saturated carbocycles. The van der Waals surface area contributed by atoms with Crippen LogP contribution in [0.2, 0.25) is 0 Å². The lowest BCUT2D eigenvalue weighted by Gasteiger charge is -2.20. The third-order valence-corrected chi connectivity index (χ3v) is 4.01. The second kappa shape index (κ2) is 4.53. The maximum atomic E-state index is 4.49. The van der Waals surface area contributed by atoms with E-state index in [1.165, 1.54) is 5.69 Å². The van der Waals surface area contributed by atoms with E-state index in [-0.39, 0.29) is 5.54 Å². The predicted molar refractivity (Wildman–Crippen MR) is 83.7 cm³/mol. The Morgan fingerprint density at radius 1 is 1.23 bits per heavy atom. The predicted octanol–water partition coefficient (Wildman–Crippen LogP) is 1.81. The van der Waals surface area contributed by atoms with E-state index in [0.29, 0.717) is 6.04 Å². The van der Waals surface area contributed by atoms with Gasteiger partial charge in [-0.3, -0.25) is 0 Å². The Balaban J connectivity index is 1.66. The van der Waals surface area contributed by atoms with Gasteiger partial charge < -0.3 is 9.88 Å². The first-order valence-electron chi connectivity index (χ1n) is 7.47. The molecule has 1 aliphatic rings. The van der Waals surface area contributed by atoms with Crippen LogP contribution in [0.3, 0.4) is 0 Å². The molecule has 1 unspecified atom stereocenters. The summed E-state index contributed by atoms with van der Waals surface area (Å²) in [5.74, 6) is 0.851. The Morgan fingerprint density at radius 3 is 2.86 bits per heavy atom. The van der Waals surface area contributed by atoms with Crippen LogP contribution in [0.25, 0.3) is 11.0 Å². The number of imidazole rings is 1. The molecule has 1 aliphatic heterocycles. The average molecular weight is 297 g/mol. The smallest absolute Gasteiger partial charge is 0.163 e. The van der Waals surface area contributed by atoms with Gasteiger partial charge in [-0.2, -0.15) is 5.10 Å². The molecule has 0 bridgehead atoms. The topological polar surface area (TPSA) is 73.5 Å². The van der Waals surface area contributed by atoms with Gasteiger partial charge in [-0.1, -0.05) is 0 Å². The monoisotopic (exact) mass is 297 g/mol. The minimum absolute atomic E-state index is 0.106. The molecule has 22 heavy (non-hydrogen) atoms. The molecule has 0 amide bonds. The van der Waals surface area contributed by atoms with Gasteiger partial charge in [0.05, 0.1) is 29.5 Å². The summed E-state index contributed by atoms with van der Waals surface area (Å²) in [6, 6.07) is 0.328. The Labute approximate surface area is 128 Å². The van der Waals surface area contributed by atoms with Crippen LogP contribution < -0.4 is 5.32 Å². The van der Waals surface area contributed by atoms with Gasteiger partial charge in [0, 0.05) is 24.9 Å². The van der Waals surface area contributed by atoms with Gasteiger partial charge in [0.1, 0.15) is 12.1 Å². The Morgan fingerprint density at radius 2 is 2.09 bits per heavy atom. The molecule has 0 aromatic carbocycles. The summed E-state index contributed by atoms with van der Waals surface area (Å²) >= 11 is 0. The lowest BCUT2D eigenvalue weighted by molar-refractivity contribution is 0.366. The number of nitrogens with zero attached hydrogens (tertiary/aromatic N) is 6. The molecule has 114 valence electrons. The van der Waals surface area contributed by atoms with Crippen LogP contribution in [0.1, 0.15) is 26.5 Å². The van der Waals surface area contributed by atoms with Crippen molar-refractivity contribution in [3.05, 3.63) is 30.7 Å². The van der Waals surface area contributed by atoms with Crippen LogP contribution in [0.4, 0.5) is 5.82 Å². The van der Waals surface area contributed by atoms with Crippen LogP contribution in [0.15, 0.2) is 25.0 Å². The number of anilines is 1. The van der Waals surface area contributed by atoms with Crippen molar-refractivity contribution in [1.82, 2.24) is 29.3 Å². The number of nitrogens with one attached hydrogen (secondary N) is 1. The molecule has 0 spiro atoms. The van der Waals surface area contributed by atoms with E-state index < -0.39 is 0 Å². The molecule has 4 rings (SSSR count). The van der Waals surface area contributed by atoms with E-state index in [1.807, 2.05) is 23.4 Å². The SMILES string of the molecule is CC(C)(C)n1ncc2c(NC3Cc4cncn4C3)ncnc21. The summed E-state index contributed by atoms with van der Waals surface area (Å²) < 4.78 is 4.12. The van der Waals surface area contributed by atoms with Gasteiger partial charge in [-0.25, -0.2) is 19.6 Å². The minimum atomic E-state index is -0.106. The maximum absolute atomic E-state index is 4.49. The van der Waals surface area contributed by atoms with Crippen molar-refractivity contribution in [1.29, 1.82) is 0 Å². The Hall–Kier alpha value is -2.44. The third kappa shape index (κ3) is 2.04. The first-order chi connectivity index (χ1) is 10.5. The van der Waals surface area contributed by atoms with E-state index in [2.05, 4.69) is 50.7 Å². The highest BCUT2D eigenvalue weighted by Crippen LogP contribution is 2.26. The third-order valence-electron chi connectivity index (χ3n) is 4.01. The first-order valence-corrected chi connectivity index (χ1v) is 7.47.